The maximum atomic E-state index is 11.3. The van der Waals surface area contributed by atoms with Gasteiger partial charge in [0.2, 0.25) is 0 Å². The average molecular weight is 467 g/mol. The Bertz CT molecular complexity index is 1450. The largest absolute Gasteiger partial charge is 0.505 e. The summed E-state index contributed by atoms with van der Waals surface area (Å²) >= 11 is 0. The smallest absolute Gasteiger partial charge is 0.146 e. The first-order valence-corrected chi connectivity index (χ1v) is 11.7. The van der Waals surface area contributed by atoms with Crippen LogP contribution in [0.1, 0.15) is 18.1 Å². The molecule has 8 nitrogen and oxygen atoms in total. The molecule has 2 aromatic carbocycles. The molecule has 1 aromatic heterocycles. The minimum Gasteiger partial charge on any atom is -0.505 e. The van der Waals surface area contributed by atoms with Gasteiger partial charge in [0, 0.05) is 5.92 Å². The van der Waals surface area contributed by atoms with E-state index in [-0.39, 0.29) is 17.7 Å². The van der Waals surface area contributed by atoms with E-state index in [2.05, 4.69) is 20.7 Å². The van der Waals surface area contributed by atoms with Crippen LogP contribution < -0.4 is 5.43 Å². The lowest BCUT2D eigenvalue weighted by Crippen LogP contribution is -2.42. The van der Waals surface area contributed by atoms with Crippen molar-refractivity contribution in [3.8, 4) is 11.4 Å². The van der Waals surface area contributed by atoms with E-state index in [9.17, 15) is 10.2 Å². The van der Waals surface area contributed by atoms with E-state index in [0.717, 1.165) is 33.4 Å². The zero-order valence-corrected chi connectivity index (χ0v) is 19.5. The number of rotatable bonds is 4. The lowest BCUT2D eigenvalue weighted by molar-refractivity contribution is 0.108. The molecule has 35 heavy (non-hydrogen) atoms. The number of aliphatic hydroxyl groups excluding tert-OH is 1. The normalized spacial score (nSPS) is 23.3. The van der Waals surface area contributed by atoms with Crippen LogP contribution in [-0.4, -0.2) is 48.2 Å². The van der Waals surface area contributed by atoms with Crippen molar-refractivity contribution in [2.45, 2.75) is 32.4 Å². The summed E-state index contributed by atoms with van der Waals surface area (Å²) < 4.78 is 0. The molecule has 3 atom stereocenters. The van der Waals surface area contributed by atoms with Crippen LogP contribution in [0.15, 0.2) is 89.2 Å². The molecule has 0 bridgehead atoms. The number of fused-ring (bicyclic) bond motifs is 2. The number of nitrogens with one attached hydrogen (secondary N) is 1. The predicted molar refractivity (Wildman–Crippen MR) is 135 cm³/mol. The second-order valence-electron chi connectivity index (χ2n) is 9.25. The Labute approximate surface area is 202 Å². The third kappa shape index (κ3) is 3.86. The number of nitrogens with zero attached hydrogens (tertiary/aromatic N) is 5. The van der Waals surface area contributed by atoms with Crippen LogP contribution in [0.5, 0.6) is 5.75 Å². The number of hydrazine groups is 1. The lowest BCUT2D eigenvalue weighted by Gasteiger charge is -2.31. The third-order valence-electron chi connectivity index (χ3n) is 6.55. The van der Waals surface area contributed by atoms with Gasteiger partial charge in [0.05, 0.1) is 17.5 Å². The van der Waals surface area contributed by atoms with Gasteiger partial charge in [-0.15, -0.1) is 15.0 Å². The Morgan fingerprint density at radius 2 is 1.83 bits per heavy atom. The van der Waals surface area contributed by atoms with Gasteiger partial charge in [0.1, 0.15) is 28.6 Å². The number of aliphatic hydroxyl groups is 1. The van der Waals surface area contributed by atoms with E-state index in [1.165, 1.54) is 4.80 Å². The summed E-state index contributed by atoms with van der Waals surface area (Å²) in [5.74, 6) is -0.123. The molecule has 3 N–H and O–H groups in total. The van der Waals surface area contributed by atoms with Gasteiger partial charge in [0.15, 0.2) is 0 Å². The first-order valence-electron chi connectivity index (χ1n) is 11.7. The minimum atomic E-state index is -0.794. The Kier molecular flexibility index (Phi) is 5.12. The van der Waals surface area contributed by atoms with Crippen molar-refractivity contribution >= 4 is 16.7 Å². The van der Waals surface area contributed by atoms with Gasteiger partial charge in [-0.05, 0) is 61.7 Å². The number of aromatic nitrogens is 3. The van der Waals surface area contributed by atoms with Crippen LogP contribution >= 0.6 is 0 Å². The molecule has 8 heteroatoms. The summed E-state index contributed by atoms with van der Waals surface area (Å²) in [5, 5.41) is 37.9. The standard InChI is InChI=1S/C27H26N6O2/c1-16-11-18(26(34)24(13-16)32-28-20-7-3-4-8-21(20)29-32)15-19-12-17(2)14-25(27(19)35)33-30-22-9-5-6-10-23(22)31-33/h3-14,18,20,26,28,34-35H,15H2,1-2H3. The highest BCUT2D eigenvalue weighted by molar-refractivity contribution is 6.02. The summed E-state index contributed by atoms with van der Waals surface area (Å²) in [6.07, 6.45) is 11.6. The molecular formula is C27H26N6O2. The van der Waals surface area contributed by atoms with Gasteiger partial charge in [-0.1, -0.05) is 48.1 Å². The Balaban J connectivity index is 1.30. The van der Waals surface area contributed by atoms with Crippen molar-refractivity contribution in [1.29, 1.82) is 0 Å². The summed E-state index contributed by atoms with van der Waals surface area (Å²) in [6.45, 7) is 3.99. The predicted octanol–water partition coefficient (Wildman–Crippen LogP) is 3.47. The van der Waals surface area contributed by atoms with E-state index >= 15 is 0 Å². The number of phenols is 1. The molecule has 0 radical (unpaired) electrons. The van der Waals surface area contributed by atoms with Gasteiger partial charge < -0.3 is 10.2 Å². The second kappa shape index (κ2) is 8.33. The van der Waals surface area contributed by atoms with Crippen LogP contribution in [-0.2, 0) is 6.42 Å². The summed E-state index contributed by atoms with van der Waals surface area (Å²) in [7, 11) is 0. The molecule has 3 aromatic rings. The van der Waals surface area contributed by atoms with Gasteiger partial charge in [-0.25, -0.2) is 5.43 Å². The molecule has 1 aliphatic heterocycles. The van der Waals surface area contributed by atoms with Crippen molar-refractivity contribution in [1.82, 2.24) is 25.5 Å². The molecule has 0 spiro atoms. The first kappa shape index (κ1) is 21.5. The number of aryl methyl sites for hydroxylation is 1. The summed E-state index contributed by atoms with van der Waals surface area (Å²) in [4.78, 5) is 1.48. The molecule has 3 aliphatic rings. The van der Waals surface area contributed by atoms with Crippen molar-refractivity contribution in [2.75, 3.05) is 0 Å². The fourth-order valence-corrected chi connectivity index (χ4v) is 4.88. The maximum Gasteiger partial charge on any atom is 0.146 e. The Morgan fingerprint density at radius 3 is 2.57 bits per heavy atom. The highest BCUT2D eigenvalue weighted by Gasteiger charge is 2.34. The number of phenolic OH excluding ortho intramolecular Hbond substituents is 1. The number of hydrazone groups is 1. The average Bonchev–Trinajstić information content (AvgIpc) is 3.47. The molecule has 0 amide bonds. The fourth-order valence-electron chi connectivity index (χ4n) is 4.88. The van der Waals surface area contributed by atoms with Crippen molar-refractivity contribution < 1.29 is 10.2 Å². The van der Waals surface area contributed by atoms with Gasteiger partial charge in [-0.2, -0.15) is 10.2 Å². The SMILES string of the molecule is CC1=CC(Cc2cc(C)cc(-n3nc4ccccc4n3)c2O)C(O)C(N2N=C3C=CC=CC3N2)=C1. The molecule has 0 saturated carbocycles. The number of hydrogen-bond donors (Lipinski definition) is 3. The van der Waals surface area contributed by atoms with E-state index in [1.807, 2.05) is 86.7 Å². The topological polar surface area (TPSA) is 98.8 Å². The van der Waals surface area contributed by atoms with Crippen molar-refractivity contribution in [2.24, 2.45) is 11.0 Å². The van der Waals surface area contributed by atoms with E-state index in [1.54, 1.807) is 5.12 Å². The Hall–Kier alpha value is -4.01. The quantitative estimate of drug-likeness (QED) is 0.545. The van der Waals surface area contributed by atoms with Gasteiger partial charge >= 0.3 is 0 Å². The third-order valence-corrected chi connectivity index (χ3v) is 6.55. The molecular weight excluding hydrogens is 440 g/mol. The van der Waals surface area contributed by atoms with Crippen LogP contribution in [0.4, 0.5) is 0 Å². The first-order chi connectivity index (χ1) is 17.0. The molecule has 0 fully saturated rings. The summed E-state index contributed by atoms with van der Waals surface area (Å²) in [6, 6.07) is 11.4. The fraction of sp³-hybridized carbons (Fsp3) is 0.222. The van der Waals surface area contributed by atoms with E-state index < -0.39 is 6.10 Å². The molecule has 176 valence electrons. The monoisotopic (exact) mass is 466 g/mol. The zero-order valence-electron chi connectivity index (χ0n) is 19.5. The van der Waals surface area contributed by atoms with Crippen molar-refractivity contribution in [3.63, 3.8) is 0 Å². The number of hydrogen-bond acceptors (Lipinski definition) is 7. The zero-order chi connectivity index (χ0) is 24.1. The number of aromatic hydroxyl groups is 1. The Morgan fingerprint density at radius 1 is 1.06 bits per heavy atom. The van der Waals surface area contributed by atoms with Crippen LogP contribution in [0, 0.1) is 12.8 Å². The van der Waals surface area contributed by atoms with Crippen LogP contribution in [0.25, 0.3) is 16.7 Å². The molecule has 2 heterocycles. The van der Waals surface area contributed by atoms with Crippen LogP contribution in [0.2, 0.25) is 0 Å². The molecule has 0 saturated heterocycles. The highest BCUT2D eigenvalue weighted by Crippen LogP contribution is 2.34. The van der Waals surface area contributed by atoms with Gasteiger partial charge in [0.25, 0.3) is 0 Å². The number of benzene rings is 2. The molecule has 6 rings (SSSR count). The highest BCUT2D eigenvalue weighted by atomic mass is 16.3. The van der Waals surface area contributed by atoms with Crippen LogP contribution in [0.3, 0.4) is 0 Å². The minimum absolute atomic E-state index is 0.00165. The van der Waals surface area contributed by atoms with E-state index in [0.29, 0.717) is 17.8 Å². The second-order valence-corrected chi connectivity index (χ2v) is 9.25. The summed E-state index contributed by atoms with van der Waals surface area (Å²) in [5.41, 5.74) is 9.71. The lowest BCUT2D eigenvalue weighted by atomic mass is 9.85. The number of allylic oxidation sites excluding steroid dienone is 4. The molecule has 2 aliphatic carbocycles. The van der Waals surface area contributed by atoms with Crippen molar-refractivity contribution in [3.05, 3.63) is 95.3 Å². The van der Waals surface area contributed by atoms with Gasteiger partial charge in [-0.3, -0.25) is 0 Å². The molecule has 3 unspecified atom stereocenters. The maximum absolute atomic E-state index is 11.3. The van der Waals surface area contributed by atoms with E-state index in [4.69, 9.17) is 0 Å².